The first kappa shape index (κ1) is 19.1. The van der Waals surface area contributed by atoms with E-state index in [9.17, 15) is 8.42 Å². The van der Waals surface area contributed by atoms with Gasteiger partial charge >= 0.3 is 0 Å². The zero-order valence-electron chi connectivity index (χ0n) is 15.7. The van der Waals surface area contributed by atoms with Gasteiger partial charge in [0, 0.05) is 12.1 Å². The minimum absolute atomic E-state index is 0.287. The van der Waals surface area contributed by atoms with Crippen molar-refractivity contribution in [1.29, 1.82) is 0 Å². The van der Waals surface area contributed by atoms with Crippen molar-refractivity contribution < 1.29 is 18.1 Å². The van der Waals surface area contributed by atoms with E-state index in [-0.39, 0.29) is 6.54 Å². The Bertz CT molecular complexity index is 1060. The molecule has 0 unspecified atom stereocenters. The molecule has 6 heteroatoms. The first-order valence-corrected chi connectivity index (χ1v) is 11.1. The van der Waals surface area contributed by atoms with Crippen molar-refractivity contribution in [2.24, 2.45) is 0 Å². The largest absolute Gasteiger partial charge is 0.370 e. The van der Waals surface area contributed by atoms with Crippen molar-refractivity contribution >= 4 is 20.8 Å². The number of morpholine rings is 1. The number of fused-ring (bicyclic) bond motifs is 1. The zero-order chi connectivity index (χ0) is 19.4. The molecule has 1 saturated heterocycles. The van der Waals surface area contributed by atoms with Crippen LogP contribution in [0.1, 0.15) is 11.1 Å². The highest BCUT2D eigenvalue weighted by Gasteiger charge is 2.18. The number of quaternary nitrogens is 1. The maximum atomic E-state index is 12.8. The molecule has 4 rings (SSSR count). The van der Waals surface area contributed by atoms with Crippen LogP contribution in [0.4, 0.5) is 0 Å². The molecule has 3 aromatic carbocycles. The van der Waals surface area contributed by atoms with Gasteiger partial charge in [-0.1, -0.05) is 54.6 Å². The van der Waals surface area contributed by atoms with Crippen LogP contribution in [0, 0.1) is 0 Å². The van der Waals surface area contributed by atoms with Crippen LogP contribution in [-0.4, -0.2) is 34.7 Å². The maximum Gasteiger partial charge on any atom is 0.240 e. The summed E-state index contributed by atoms with van der Waals surface area (Å²) in [5.41, 5.74) is 2.20. The molecule has 0 radical (unpaired) electrons. The average molecular weight is 398 g/mol. The Labute approximate surface area is 166 Å². The number of sulfonamides is 1. The van der Waals surface area contributed by atoms with E-state index in [1.54, 1.807) is 12.1 Å². The van der Waals surface area contributed by atoms with Gasteiger partial charge in [0.1, 0.15) is 19.6 Å². The van der Waals surface area contributed by atoms with Crippen molar-refractivity contribution in [2.75, 3.05) is 26.3 Å². The van der Waals surface area contributed by atoms with E-state index in [1.165, 1.54) is 10.5 Å². The number of hydrogen-bond donors (Lipinski definition) is 2. The molecule has 0 saturated carbocycles. The van der Waals surface area contributed by atoms with Crippen LogP contribution >= 0.6 is 0 Å². The van der Waals surface area contributed by atoms with E-state index in [0.29, 0.717) is 4.90 Å². The Kier molecular flexibility index (Phi) is 5.73. The maximum absolute atomic E-state index is 12.8. The summed E-state index contributed by atoms with van der Waals surface area (Å²) in [5.74, 6) is 0. The van der Waals surface area contributed by atoms with Crippen LogP contribution in [-0.2, 0) is 27.8 Å². The molecule has 1 aliphatic heterocycles. The summed E-state index contributed by atoms with van der Waals surface area (Å²) >= 11 is 0. The Morgan fingerprint density at radius 2 is 1.54 bits per heavy atom. The van der Waals surface area contributed by atoms with Crippen molar-refractivity contribution in [3.05, 3.63) is 77.9 Å². The lowest BCUT2D eigenvalue weighted by atomic mass is 10.1. The Morgan fingerprint density at radius 3 is 2.32 bits per heavy atom. The van der Waals surface area contributed by atoms with Gasteiger partial charge in [-0.25, -0.2) is 13.1 Å². The van der Waals surface area contributed by atoms with Crippen molar-refractivity contribution in [1.82, 2.24) is 4.72 Å². The molecule has 0 bridgehead atoms. The fourth-order valence-electron chi connectivity index (χ4n) is 3.60. The lowest BCUT2D eigenvalue weighted by Crippen LogP contribution is -3.12. The van der Waals surface area contributed by atoms with E-state index >= 15 is 0 Å². The Hall–Kier alpha value is -2.25. The molecule has 0 spiro atoms. The summed E-state index contributed by atoms with van der Waals surface area (Å²) in [6, 6.07) is 21.0. The van der Waals surface area contributed by atoms with Crippen molar-refractivity contribution in [2.45, 2.75) is 18.0 Å². The molecule has 0 aromatic heterocycles. The first-order valence-electron chi connectivity index (χ1n) is 9.58. The van der Waals surface area contributed by atoms with E-state index in [0.717, 1.165) is 49.2 Å². The fourth-order valence-corrected chi connectivity index (χ4v) is 4.64. The van der Waals surface area contributed by atoms with E-state index in [4.69, 9.17) is 4.74 Å². The van der Waals surface area contributed by atoms with Gasteiger partial charge in [-0.3, -0.25) is 0 Å². The lowest BCUT2D eigenvalue weighted by Gasteiger charge is -2.24. The Morgan fingerprint density at radius 1 is 0.857 bits per heavy atom. The van der Waals surface area contributed by atoms with E-state index < -0.39 is 10.0 Å². The smallest absolute Gasteiger partial charge is 0.240 e. The second kappa shape index (κ2) is 8.41. The molecule has 2 N–H and O–H groups in total. The second-order valence-electron chi connectivity index (χ2n) is 7.14. The van der Waals surface area contributed by atoms with Crippen LogP contribution in [0.5, 0.6) is 0 Å². The molecule has 0 atom stereocenters. The number of benzene rings is 3. The molecular weight excluding hydrogens is 372 g/mol. The van der Waals surface area contributed by atoms with Gasteiger partial charge < -0.3 is 9.64 Å². The van der Waals surface area contributed by atoms with Crippen LogP contribution in [0.2, 0.25) is 0 Å². The molecule has 1 aliphatic rings. The minimum Gasteiger partial charge on any atom is -0.370 e. The summed E-state index contributed by atoms with van der Waals surface area (Å²) in [5, 5.41) is 1.95. The van der Waals surface area contributed by atoms with Crippen LogP contribution in [0.25, 0.3) is 10.8 Å². The average Bonchev–Trinajstić information content (AvgIpc) is 2.73. The molecule has 0 amide bonds. The molecule has 146 valence electrons. The third-order valence-electron chi connectivity index (χ3n) is 5.24. The first-order chi connectivity index (χ1) is 13.6. The summed E-state index contributed by atoms with van der Waals surface area (Å²) < 4.78 is 33.8. The highest BCUT2D eigenvalue weighted by molar-refractivity contribution is 7.89. The van der Waals surface area contributed by atoms with Gasteiger partial charge in [-0.05, 0) is 28.5 Å². The standard InChI is InChI=1S/C22H24N2O3S/c25-28(26,22-10-9-18-5-1-2-6-19(18)15-22)23-16-20-7-3-4-8-21(20)17-24-11-13-27-14-12-24/h1-10,15,23H,11-14,16-17H2/p+1. The molecular formula is C22H25N2O3S+. The monoisotopic (exact) mass is 397 g/mol. The third kappa shape index (κ3) is 4.42. The predicted molar refractivity (Wildman–Crippen MR) is 110 cm³/mol. The van der Waals surface area contributed by atoms with Gasteiger partial charge in [0.2, 0.25) is 10.0 Å². The van der Waals surface area contributed by atoms with E-state index in [1.807, 2.05) is 48.5 Å². The summed E-state index contributed by atoms with van der Waals surface area (Å²) in [6.45, 7) is 4.71. The van der Waals surface area contributed by atoms with Crippen molar-refractivity contribution in [3.8, 4) is 0 Å². The molecule has 28 heavy (non-hydrogen) atoms. The normalized spacial score (nSPS) is 15.7. The van der Waals surface area contributed by atoms with Gasteiger partial charge in [0.25, 0.3) is 0 Å². The topological polar surface area (TPSA) is 59.8 Å². The van der Waals surface area contributed by atoms with E-state index in [2.05, 4.69) is 10.8 Å². The quantitative estimate of drug-likeness (QED) is 0.666. The van der Waals surface area contributed by atoms with Gasteiger partial charge in [-0.15, -0.1) is 0 Å². The highest BCUT2D eigenvalue weighted by Crippen LogP contribution is 2.19. The Balaban J connectivity index is 1.50. The van der Waals surface area contributed by atoms with Gasteiger partial charge in [-0.2, -0.15) is 0 Å². The molecule has 0 aliphatic carbocycles. The molecule has 1 fully saturated rings. The number of hydrogen-bond acceptors (Lipinski definition) is 3. The highest BCUT2D eigenvalue weighted by atomic mass is 32.2. The van der Waals surface area contributed by atoms with Gasteiger partial charge in [0.05, 0.1) is 18.1 Å². The third-order valence-corrected chi connectivity index (χ3v) is 6.64. The SMILES string of the molecule is O=S(=O)(NCc1ccccc1C[NH+]1CCOCC1)c1ccc2ccccc2c1. The number of ether oxygens (including phenoxy) is 1. The van der Waals surface area contributed by atoms with Crippen molar-refractivity contribution in [3.63, 3.8) is 0 Å². The summed E-state index contributed by atoms with van der Waals surface area (Å²) in [4.78, 5) is 1.76. The molecule has 1 heterocycles. The molecule has 3 aromatic rings. The van der Waals surface area contributed by atoms with Crippen LogP contribution in [0.3, 0.4) is 0 Å². The summed E-state index contributed by atoms with van der Waals surface area (Å²) in [6.07, 6.45) is 0. The minimum atomic E-state index is -3.58. The van der Waals surface area contributed by atoms with Crippen LogP contribution < -0.4 is 9.62 Å². The number of rotatable bonds is 6. The van der Waals surface area contributed by atoms with Gasteiger partial charge in [0.15, 0.2) is 0 Å². The second-order valence-corrected chi connectivity index (χ2v) is 8.91. The number of nitrogens with one attached hydrogen (secondary N) is 2. The van der Waals surface area contributed by atoms with Crippen LogP contribution in [0.15, 0.2) is 71.6 Å². The summed E-state index contributed by atoms with van der Waals surface area (Å²) in [7, 11) is -3.58. The lowest BCUT2D eigenvalue weighted by molar-refractivity contribution is -0.921. The predicted octanol–water partition coefficient (Wildman–Crippen LogP) is 1.73. The fraction of sp³-hybridized carbons (Fsp3) is 0.273. The molecule has 5 nitrogen and oxygen atoms in total. The zero-order valence-corrected chi connectivity index (χ0v) is 16.5.